The highest BCUT2D eigenvalue weighted by Gasteiger charge is 2.35. The number of sulfonamides is 1. The van der Waals surface area contributed by atoms with Gasteiger partial charge in [-0.05, 0) is 36.6 Å². The lowest BCUT2D eigenvalue weighted by molar-refractivity contribution is -0.141. The van der Waals surface area contributed by atoms with Gasteiger partial charge in [0.15, 0.2) is 5.82 Å². The molecule has 0 aromatic carbocycles. The maximum absolute atomic E-state index is 13.3. The van der Waals surface area contributed by atoms with E-state index in [1.807, 2.05) is 6.07 Å². The molecule has 4 rings (SSSR count). The minimum atomic E-state index is -3.97. The van der Waals surface area contributed by atoms with Crippen LogP contribution in [-0.4, -0.2) is 58.1 Å². The number of hydrogen-bond acceptors (Lipinski definition) is 7. The first-order chi connectivity index (χ1) is 15.9. The molecule has 0 atom stereocenters. The minimum absolute atomic E-state index is 0.0442. The Morgan fingerprint density at radius 2 is 2.03 bits per heavy atom. The van der Waals surface area contributed by atoms with Crippen molar-refractivity contribution in [3.05, 3.63) is 70.5 Å². The van der Waals surface area contributed by atoms with E-state index < -0.39 is 16.0 Å². The molecule has 10 nitrogen and oxygen atoms in total. The summed E-state index contributed by atoms with van der Waals surface area (Å²) < 4.78 is 33.7. The van der Waals surface area contributed by atoms with Gasteiger partial charge in [-0.15, -0.1) is 0 Å². The summed E-state index contributed by atoms with van der Waals surface area (Å²) >= 11 is 0. The van der Waals surface area contributed by atoms with Crippen molar-refractivity contribution in [3.63, 3.8) is 0 Å². The molecule has 3 aromatic rings. The fraction of sp³-hybridized carbons (Fsp3) is 0.364. The van der Waals surface area contributed by atoms with Gasteiger partial charge < -0.3 is 4.74 Å². The summed E-state index contributed by atoms with van der Waals surface area (Å²) in [5.74, 6) is -0.356. The van der Waals surface area contributed by atoms with Gasteiger partial charge >= 0.3 is 5.97 Å². The molecule has 1 saturated carbocycles. The Morgan fingerprint density at radius 3 is 2.67 bits per heavy atom. The van der Waals surface area contributed by atoms with Gasteiger partial charge in [-0.1, -0.05) is 18.9 Å². The SMILES string of the molecule is COC(=O)CN(C1CCCC1)S(=O)(=O)c1ccc(-n2[nH]cc(Cc3cccnc3)c2=O)nc1. The van der Waals surface area contributed by atoms with Crippen LogP contribution in [0.5, 0.6) is 0 Å². The first-order valence-corrected chi connectivity index (χ1v) is 12.1. The highest BCUT2D eigenvalue weighted by molar-refractivity contribution is 7.89. The molecular formula is C22H25N5O5S. The number of carbonyl (C=O) groups excluding carboxylic acids is 1. The Balaban J connectivity index is 1.58. The van der Waals surface area contributed by atoms with E-state index in [1.54, 1.807) is 24.7 Å². The summed E-state index contributed by atoms with van der Waals surface area (Å²) in [6, 6.07) is 6.28. The van der Waals surface area contributed by atoms with E-state index in [4.69, 9.17) is 4.74 Å². The summed E-state index contributed by atoms with van der Waals surface area (Å²) in [6.07, 6.45) is 9.78. The van der Waals surface area contributed by atoms with Gasteiger partial charge in [0, 0.05) is 42.8 Å². The monoisotopic (exact) mass is 471 g/mol. The fourth-order valence-corrected chi connectivity index (χ4v) is 5.59. The lowest BCUT2D eigenvalue weighted by atomic mass is 10.1. The van der Waals surface area contributed by atoms with Crippen LogP contribution in [0.1, 0.15) is 36.8 Å². The Hall–Kier alpha value is -3.31. The van der Waals surface area contributed by atoms with Crippen LogP contribution in [0.4, 0.5) is 0 Å². The number of carbonyl (C=O) groups is 1. The van der Waals surface area contributed by atoms with Crippen molar-refractivity contribution in [3.8, 4) is 5.82 Å². The third kappa shape index (κ3) is 4.88. The maximum Gasteiger partial charge on any atom is 0.321 e. The molecule has 0 radical (unpaired) electrons. The molecule has 33 heavy (non-hydrogen) atoms. The van der Waals surface area contributed by atoms with E-state index in [0.29, 0.717) is 24.8 Å². The number of aromatic nitrogens is 4. The Bertz CT molecular complexity index is 1260. The molecule has 174 valence electrons. The Labute approximate surface area is 191 Å². The number of rotatable bonds is 8. The van der Waals surface area contributed by atoms with E-state index in [0.717, 1.165) is 18.4 Å². The van der Waals surface area contributed by atoms with Gasteiger partial charge in [0.25, 0.3) is 5.56 Å². The van der Waals surface area contributed by atoms with E-state index in [1.165, 1.54) is 34.4 Å². The second-order valence-electron chi connectivity index (χ2n) is 7.89. The normalized spacial score (nSPS) is 14.6. The quantitative estimate of drug-likeness (QED) is 0.495. The number of hydrogen-bond donors (Lipinski definition) is 1. The number of nitrogens with zero attached hydrogens (tertiary/aromatic N) is 4. The van der Waals surface area contributed by atoms with Crippen molar-refractivity contribution < 1.29 is 17.9 Å². The van der Waals surface area contributed by atoms with Gasteiger partial charge in [0.2, 0.25) is 10.0 Å². The van der Waals surface area contributed by atoms with Gasteiger partial charge in [-0.3, -0.25) is 19.7 Å². The fourth-order valence-electron chi connectivity index (χ4n) is 4.01. The number of methoxy groups -OCH3 is 1. The predicted octanol–water partition coefficient (Wildman–Crippen LogP) is 1.65. The Morgan fingerprint density at radius 1 is 1.24 bits per heavy atom. The first-order valence-electron chi connectivity index (χ1n) is 10.6. The van der Waals surface area contributed by atoms with Crippen LogP contribution in [0.25, 0.3) is 5.82 Å². The van der Waals surface area contributed by atoms with Gasteiger partial charge in [-0.2, -0.15) is 4.31 Å². The van der Waals surface area contributed by atoms with Crippen LogP contribution >= 0.6 is 0 Å². The van der Waals surface area contributed by atoms with Crippen molar-refractivity contribution in [1.29, 1.82) is 0 Å². The van der Waals surface area contributed by atoms with E-state index in [2.05, 4.69) is 15.1 Å². The van der Waals surface area contributed by atoms with Gasteiger partial charge in [-0.25, -0.2) is 18.1 Å². The molecule has 3 heterocycles. The van der Waals surface area contributed by atoms with Crippen molar-refractivity contribution in [2.75, 3.05) is 13.7 Å². The molecule has 11 heteroatoms. The second kappa shape index (κ2) is 9.67. The van der Waals surface area contributed by atoms with Crippen molar-refractivity contribution in [2.45, 2.75) is 43.0 Å². The van der Waals surface area contributed by atoms with Gasteiger partial charge in [0.05, 0.1) is 7.11 Å². The molecule has 0 saturated heterocycles. The third-order valence-corrected chi connectivity index (χ3v) is 7.65. The predicted molar refractivity (Wildman–Crippen MR) is 119 cm³/mol. The van der Waals surface area contributed by atoms with Crippen LogP contribution in [0.15, 0.2) is 58.7 Å². The summed E-state index contributed by atoms with van der Waals surface area (Å²) in [5, 5.41) is 2.87. The highest BCUT2D eigenvalue weighted by atomic mass is 32.2. The zero-order chi connectivity index (χ0) is 23.4. The molecule has 0 spiro atoms. The smallest absolute Gasteiger partial charge is 0.321 e. The number of esters is 1. The molecule has 1 fully saturated rings. The molecule has 0 unspecified atom stereocenters. The van der Waals surface area contributed by atoms with Gasteiger partial charge in [0.1, 0.15) is 11.4 Å². The second-order valence-corrected chi connectivity index (χ2v) is 9.78. The number of nitrogens with one attached hydrogen (secondary N) is 1. The van der Waals surface area contributed by atoms with Crippen molar-refractivity contribution in [2.24, 2.45) is 0 Å². The number of ether oxygens (including phenoxy) is 1. The zero-order valence-electron chi connectivity index (χ0n) is 18.2. The lowest BCUT2D eigenvalue weighted by Gasteiger charge is -2.26. The molecule has 3 aromatic heterocycles. The molecule has 0 amide bonds. The van der Waals surface area contributed by atoms with Crippen molar-refractivity contribution >= 4 is 16.0 Å². The molecule has 1 N–H and O–H groups in total. The summed E-state index contributed by atoms with van der Waals surface area (Å²) in [4.78, 5) is 32.9. The average Bonchev–Trinajstić information content (AvgIpc) is 3.48. The number of aromatic amines is 1. The van der Waals surface area contributed by atoms with Crippen molar-refractivity contribution in [1.82, 2.24) is 24.1 Å². The number of H-pyrrole nitrogens is 1. The average molecular weight is 472 g/mol. The molecular weight excluding hydrogens is 446 g/mol. The van der Waals surface area contributed by atoms with Crippen LogP contribution < -0.4 is 5.56 Å². The molecule has 1 aliphatic carbocycles. The van der Waals surface area contributed by atoms with E-state index in [9.17, 15) is 18.0 Å². The number of pyridine rings is 2. The van der Waals surface area contributed by atoms with Crippen LogP contribution in [0.3, 0.4) is 0 Å². The topological polar surface area (TPSA) is 127 Å². The highest BCUT2D eigenvalue weighted by Crippen LogP contribution is 2.28. The third-order valence-electron chi connectivity index (χ3n) is 5.76. The largest absolute Gasteiger partial charge is 0.468 e. The van der Waals surface area contributed by atoms with E-state index in [-0.39, 0.29) is 28.9 Å². The maximum atomic E-state index is 13.3. The summed E-state index contributed by atoms with van der Waals surface area (Å²) in [5.41, 5.74) is 1.15. The first kappa shape index (κ1) is 22.9. The van der Waals surface area contributed by atoms with E-state index >= 15 is 0 Å². The summed E-state index contributed by atoms with van der Waals surface area (Å²) in [7, 11) is -2.74. The van der Waals surface area contributed by atoms with Crippen LogP contribution in [0, 0.1) is 0 Å². The standard InChI is InChI=1S/C22H25N5O5S/c1-32-21(28)15-26(18-6-2-3-7-18)33(30,31)19-8-9-20(24-14-19)27-22(29)17(13-25-27)11-16-5-4-10-23-12-16/h4-5,8-10,12-14,18,25H,2-3,6-7,11,15H2,1H3. The Kier molecular flexibility index (Phi) is 6.70. The molecule has 1 aliphatic rings. The van der Waals surface area contributed by atoms with Crippen LogP contribution in [-0.2, 0) is 26.0 Å². The molecule has 0 bridgehead atoms. The lowest BCUT2D eigenvalue weighted by Crippen LogP contribution is -2.42. The van der Waals surface area contributed by atoms with Crippen LogP contribution in [0.2, 0.25) is 0 Å². The molecule has 0 aliphatic heterocycles. The summed E-state index contributed by atoms with van der Waals surface area (Å²) in [6.45, 7) is -0.348. The minimum Gasteiger partial charge on any atom is -0.468 e. The zero-order valence-corrected chi connectivity index (χ0v) is 19.0.